The molecule has 2 aromatic rings. The summed E-state index contributed by atoms with van der Waals surface area (Å²) in [6, 6.07) is 7.03. The van der Waals surface area contributed by atoms with Crippen LogP contribution in [0.5, 0.6) is 11.6 Å². The minimum Gasteiger partial charge on any atom is -0.439 e. The molecule has 29 heavy (non-hydrogen) atoms. The number of hydrogen-bond donors (Lipinski definition) is 0. The average Bonchev–Trinajstić information content (AvgIpc) is 2.67. The molecule has 0 amide bonds. The average molecular weight is 432 g/mol. The summed E-state index contributed by atoms with van der Waals surface area (Å²) in [4.78, 5) is 11.4. The van der Waals surface area contributed by atoms with Crippen LogP contribution in [0.4, 0.5) is 5.69 Å². The van der Waals surface area contributed by atoms with E-state index in [9.17, 15) is 0 Å². The lowest BCUT2D eigenvalue weighted by atomic mass is 9.97. The van der Waals surface area contributed by atoms with Crippen LogP contribution < -0.4 is 4.74 Å². The highest BCUT2D eigenvalue weighted by atomic mass is 35.5. The number of aliphatic imine (C=N–C) groups is 1. The quantitative estimate of drug-likeness (QED) is 0.268. The smallest absolute Gasteiger partial charge is 0.219 e. The Balaban J connectivity index is 2.50. The minimum absolute atomic E-state index is 0.0473. The predicted molar refractivity (Wildman–Crippen MR) is 123 cm³/mol. The number of ether oxygens (including phenoxy) is 1. The fourth-order valence-electron chi connectivity index (χ4n) is 2.62. The molecule has 154 valence electrons. The Morgan fingerprint density at radius 2 is 1.79 bits per heavy atom. The molecule has 1 heterocycles. The molecule has 1 unspecified atom stereocenters. The summed E-state index contributed by atoms with van der Waals surface area (Å²) >= 11 is 12.1. The highest BCUT2D eigenvalue weighted by Crippen LogP contribution is 2.37. The van der Waals surface area contributed by atoms with Crippen molar-refractivity contribution >= 4 is 35.2 Å². The van der Waals surface area contributed by atoms with Crippen LogP contribution in [0.3, 0.4) is 0 Å². The first-order chi connectivity index (χ1) is 13.6. The Bertz CT molecular complexity index is 903. The Morgan fingerprint density at radius 3 is 2.34 bits per heavy atom. The molecule has 2 rings (SSSR count). The molecule has 0 spiro atoms. The zero-order valence-electron chi connectivity index (χ0n) is 17.7. The van der Waals surface area contributed by atoms with E-state index < -0.39 is 0 Å². The molecule has 0 saturated heterocycles. The molecule has 0 aliphatic carbocycles. The van der Waals surface area contributed by atoms with Gasteiger partial charge in [0.1, 0.15) is 5.75 Å². The van der Waals surface area contributed by atoms with E-state index in [1.165, 1.54) is 0 Å². The third-order valence-corrected chi connectivity index (χ3v) is 5.27. The van der Waals surface area contributed by atoms with Crippen molar-refractivity contribution in [3.05, 3.63) is 45.6 Å². The summed E-state index contributed by atoms with van der Waals surface area (Å²) in [5.41, 5.74) is 2.77. The topological polar surface area (TPSA) is 37.7 Å². The fourth-order valence-corrected chi connectivity index (χ4v) is 2.90. The van der Waals surface area contributed by atoms with Crippen molar-refractivity contribution in [2.45, 2.75) is 52.5 Å². The van der Waals surface area contributed by atoms with Gasteiger partial charge in [0.25, 0.3) is 0 Å². The van der Waals surface area contributed by atoms with Crippen LogP contribution in [-0.2, 0) is 0 Å². The fraction of sp³-hybridized carbons (Fsp3) is 0.391. The lowest BCUT2D eigenvalue weighted by molar-refractivity contribution is 0.458. The SMILES string of the molecule is C#CC(C)N(C)C=Nc1c(C(C)C)cc(Oc2ccc(Cl)c(Cl)c2)nc1C(C)C. The van der Waals surface area contributed by atoms with Crippen molar-refractivity contribution in [2.75, 3.05) is 7.05 Å². The summed E-state index contributed by atoms with van der Waals surface area (Å²) in [6.07, 6.45) is 7.27. The maximum Gasteiger partial charge on any atom is 0.219 e. The zero-order chi connectivity index (χ0) is 21.7. The van der Waals surface area contributed by atoms with Crippen LogP contribution in [0.15, 0.2) is 29.3 Å². The van der Waals surface area contributed by atoms with E-state index >= 15 is 0 Å². The van der Waals surface area contributed by atoms with Gasteiger partial charge in [-0.2, -0.15) is 0 Å². The lowest BCUT2D eigenvalue weighted by Gasteiger charge is -2.20. The van der Waals surface area contributed by atoms with Gasteiger partial charge in [-0.1, -0.05) is 56.8 Å². The van der Waals surface area contributed by atoms with Gasteiger partial charge in [0, 0.05) is 19.2 Å². The van der Waals surface area contributed by atoms with Crippen LogP contribution in [0, 0.1) is 12.3 Å². The van der Waals surface area contributed by atoms with Gasteiger partial charge in [0.05, 0.1) is 33.8 Å². The normalized spacial score (nSPS) is 12.4. The summed E-state index contributed by atoms with van der Waals surface area (Å²) < 4.78 is 5.99. The number of benzene rings is 1. The molecule has 1 atom stereocenters. The molecule has 6 heteroatoms. The number of aromatic nitrogens is 1. The predicted octanol–water partition coefficient (Wildman–Crippen LogP) is 7.04. The maximum atomic E-state index is 6.11. The molecule has 0 radical (unpaired) electrons. The van der Waals surface area contributed by atoms with Gasteiger partial charge in [0.15, 0.2) is 0 Å². The Hall–Kier alpha value is -2.22. The summed E-state index contributed by atoms with van der Waals surface area (Å²) in [6.45, 7) is 10.4. The Labute approximate surface area is 183 Å². The van der Waals surface area contributed by atoms with E-state index in [0.29, 0.717) is 21.7 Å². The number of pyridine rings is 1. The van der Waals surface area contributed by atoms with Gasteiger partial charge in [-0.25, -0.2) is 9.98 Å². The molecular weight excluding hydrogens is 405 g/mol. The van der Waals surface area contributed by atoms with Gasteiger partial charge in [-0.3, -0.25) is 0 Å². The molecule has 0 aliphatic heterocycles. The molecular formula is C23H27Cl2N3O. The Kier molecular flexibility index (Phi) is 7.96. The second kappa shape index (κ2) is 10.0. The minimum atomic E-state index is -0.0473. The first-order valence-electron chi connectivity index (χ1n) is 9.54. The molecule has 0 fully saturated rings. The first kappa shape index (κ1) is 23.1. The van der Waals surface area contributed by atoms with E-state index in [1.54, 1.807) is 24.5 Å². The van der Waals surface area contributed by atoms with E-state index in [-0.39, 0.29) is 17.9 Å². The van der Waals surface area contributed by atoms with Gasteiger partial charge >= 0.3 is 0 Å². The summed E-state index contributed by atoms with van der Waals surface area (Å²) in [7, 11) is 1.91. The standard InChI is InChI=1S/C23H27Cl2N3O/c1-8-16(6)28(7)13-26-23-18(14(2)3)12-21(27-22(23)15(4)5)29-17-9-10-19(24)20(25)11-17/h1,9-16H,2-7H3. The third-order valence-electron chi connectivity index (χ3n) is 4.53. The number of nitrogens with zero attached hydrogens (tertiary/aromatic N) is 3. The lowest BCUT2D eigenvalue weighted by Crippen LogP contribution is -2.25. The first-order valence-corrected chi connectivity index (χ1v) is 10.3. The maximum absolute atomic E-state index is 6.11. The molecule has 1 aromatic heterocycles. The number of hydrogen-bond acceptors (Lipinski definition) is 3. The second-order valence-electron chi connectivity index (χ2n) is 7.52. The highest BCUT2D eigenvalue weighted by molar-refractivity contribution is 6.42. The van der Waals surface area contributed by atoms with Crippen molar-refractivity contribution in [3.8, 4) is 24.0 Å². The summed E-state index contributed by atoms with van der Waals surface area (Å²) in [5.74, 6) is 4.17. The zero-order valence-corrected chi connectivity index (χ0v) is 19.2. The third kappa shape index (κ3) is 5.88. The van der Waals surface area contributed by atoms with Gasteiger partial charge in [-0.05, 0) is 36.5 Å². The largest absolute Gasteiger partial charge is 0.439 e. The van der Waals surface area contributed by atoms with E-state index in [1.807, 2.05) is 24.9 Å². The van der Waals surface area contributed by atoms with Crippen LogP contribution in [0.1, 0.15) is 57.7 Å². The van der Waals surface area contributed by atoms with E-state index in [4.69, 9.17) is 44.3 Å². The molecule has 0 aliphatic rings. The number of terminal acetylenes is 1. The van der Waals surface area contributed by atoms with Crippen molar-refractivity contribution in [2.24, 2.45) is 4.99 Å². The molecule has 1 aromatic carbocycles. The monoisotopic (exact) mass is 431 g/mol. The van der Waals surface area contributed by atoms with E-state index in [2.05, 4.69) is 33.6 Å². The number of rotatable bonds is 7. The molecule has 4 nitrogen and oxygen atoms in total. The van der Waals surface area contributed by atoms with Crippen molar-refractivity contribution < 1.29 is 4.74 Å². The van der Waals surface area contributed by atoms with Gasteiger partial charge in [-0.15, -0.1) is 6.42 Å². The van der Waals surface area contributed by atoms with Gasteiger partial charge in [0.2, 0.25) is 5.88 Å². The molecule has 0 bridgehead atoms. The van der Waals surface area contributed by atoms with Crippen molar-refractivity contribution in [1.82, 2.24) is 9.88 Å². The highest BCUT2D eigenvalue weighted by Gasteiger charge is 2.18. The molecule has 0 saturated carbocycles. The van der Waals surface area contributed by atoms with Crippen molar-refractivity contribution in [3.63, 3.8) is 0 Å². The van der Waals surface area contributed by atoms with Crippen LogP contribution in [-0.4, -0.2) is 29.3 Å². The van der Waals surface area contributed by atoms with Crippen LogP contribution >= 0.6 is 23.2 Å². The second-order valence-corrected chi connectivity index (χ2v) is 8.34. The Morgan fingerprint density at radius 1 is 1.10 bits per heavy atom. The summed E-state index contributed by atoms with van der Waals surface area (Å²) in [5, 5.41) is 0.914. The molecule has 0 N–H and O–H groups in total. The van der Waals surface area contributed by atoms with E-state index in [0.717, 1.165) is 16.9 Å². The van der Waals surface area contributed by atoms with Crippen LogP contribution in [0.25, 0.3) is 0 Å². The van der Waals surface area contributed by atoms with Crippen LogP contribution in [0.2, 0.25) is 10.0 Å². The number of halogens is 2. The van der Waals surface area contributed by atoms with Gasteiger partial charge < -0.3 is 9.64 Å². The van der Waals surface area contributed by atoms with Crippen molar-refractivity contribution in [1.29, 1.82) is 0 Å².